The van der Waals surface area contributed by atoms with E-state index in [1.54, 1.807) is 22.8 Å². The van der Waals surface area contributed by atoms with Crippen molar-refractivity contribution >= 4 is 29.0 Å². The number of fused-ring (bicyclic) bond motifs is 3. The number of benzene rings is 1. The standard InChI is InChI=1S/C23H15Cl2FN10O/c24-9-1-3-15(35-8-28-33-34-35)13(5-9)14-7-17(37)36-19(11-6-12(11)23(36)29-14)22-31-18(20(25)32-22)10-2-4-16(27)30-21(10)26/h1-5,7-8,11-12,19H,6H2,(H2,27,30)(H,31,32). The van der Waals surface area contributed by atoms with E-state index in [4.69, 9.17) is 33.9 Å². The minimum atomic E-state index is -0.778. The number of halogens is 3. The number of nitrogens with one attached hydrogen (secondary N) is 1. The third-order valence-electron chi connectivity index (χ3n) is 6.75. The maximum Gasteiger partial charge on any atom is 0.254 e. The van der Waals surface area contributed by atoms with Crippen molar-refractivity contribution < 1.29 is 4.39 Å². The van der Waals surface area contributed by atoms with E-state index in [-0.39, 0.29) is 39.6 Å². The molecule has 4 aromatic heterocycles. The molecule has 5 aromatic rings. The van der Waals surface area contributed by atoms with Crippen LogP contribution in [-0.4, -0.2) is 44.7 Å². The molecule has 3 N–H and O–H groups in total. The number of imidazole rings is 1. The van der Waals surface area contributed by atoms with Crippen LogP contribution in [0.25, 0.3) is 28.2 Å². The van der Waals surface area contributed by atoms with Gasteiger partial charge in [0.1, 0.15) is 34.6 Å². The Bertz CT molecular complexity index is 1770. The Hall–Kier alpha value is -4.16. The lowest BCUT2D eigenvalue weighted by molar-refractivity contribution is 0.509. The van der Waals surface area contributed by atoms with Crippen molar-refractivity contribution in [2.24, 2.45) is 5.92 Å². The third kappa shape index (κ3) is 3.44. The van der Waals surface area contributed by atoms with Gasteiger partial charge in [0.15, 0.2) is 0 Å². The molecule has 37 heavy (non-hydrogen) atoms. The molecule has 5 heterocycles. The molecule has 3 unspecified atom stereocenters. The number of aromatic amines is 1. The van der Waals surface area contributed by atoms with Gasteiger partial charge in [0, 0.05) is 22.6 Å². The van der Waals surface area contributed by atoms with Crippen LogP contribution < -0.4 is 11.3 Å². The second kappa shape index (κ2) is 7.92. The van der Waals surface area contributed by atoms with Crippen molar-refractivity contribution in [2.45, 2.75) is 18.4 Å². The summed E-state index contributed by atoms with van der Waals surface area (Å²) >= 11 is 12.7. The zero-order valence-corrected chi connectivity index (χ0v) is 20.2. The Balaban J connectivity index is 1.33. The highest BCUT2D eigenvalue weighted by atomic mass is 35.5. The fourth-order valence-corrected chi connectivity index (χ4v) is 5.48. The molecule has 0 radical (unpaired) electrons. The summed E-state index contributed by atoms with van der Waals surface area (Å²) in [6, 6.07) is 9.19. The molecule has 184 valence electrons. The maximum absolute atomic E-state index is 14.5. The van der Waals surface area contributed by atoms with Gasteiger partial charge in [-0.2, -0.15) is 9.07 Å². The summed E-state index contributed by atoms with van der Waals surface area (Å²) in [6.07, 6.45) is 2.29. The number of aromatic nitrogens is 9. The molecule has 1 saturated carbocycles. The van der Waals surface area contributed by atoms with E-state index in [0.29, 0.717) is 33.6 Å². The fraction of sp³-hybridized carbons (Fsp3) is 0.174. The molecule has 2 aliphatic rings. The van der Waals surface area contributed by atoms with Gasteiger partial charge in [-0.05, 0) is 53.1 Å². The number of anilines is 1. The molecule has 14 heteroatoms. The Kier molecular flexibility index (Phi) is 4.72. The van der Waals surface area contributed by atoms with Gasteiger partial charge in [0.05, 0.1) is 23.0 Å². The predicted molar refractivity (Wildman–Crippen MR) is 132 cm³/mol. The van der Waals surface area contributed by atoms with Gasteiger partial charge in [0.2, 0.25) is 5.95 Å². The number of tetrazole rings is 1. The number of nitrogens with two attached hydrogens (primary N) is 1. The number of H-pyrrole nitrogens is 1. The van der Waals surface area contributed by atoms with Crippen molar-refractivity contribution in [3.63, 3.8) is 0 Å². The van der Waals surface area contributed by atoms with Gasteiger partial charge in [-0.3, -0.25) is 9.36 Å². The smallest absolute Gasteiger partial charge is 0.254 e. The highest BCUT2D eigenvalue weighted by Crippen LogP contribution is 2.60. The summed E-state index contributed by atoms with van der Waals surface area (Å²) in [5.74, 6) is 0.564. The quantitative estimate of drug-likeness (QED) is 0.332. The predicted octanol–water partition coefficient (Wildman–Crippen LogP) is 3.41. The fourth-order valence-electron chi connectivity index (χ4n) is 5.06. The summed E-state index contributed by atoms with van der Waals surface area (Å²) in [4.78, 5) is 29.6. The van der Waals surface area contributed by atoms with Crippen LogP contribution in [0.5, 0.6) is 0 Å². The van der Waals surface area contributed by atoms with Crippen LogP contribution in [0.1, 0.15) is 30.0 Å². The number of nitrogens with zero attached hydrogens (tertiary/aromatic N) is 8. The zero-order valence-electron chi connectivity index (χ0n) is 18.7. The Labute approximate surface area is 217 Å². The molecular weight excluding hydrogens is 522 g/mol. The number of hydrogen-bond acceptors (Lipinski definition) is 8. The van der Waals surface area contributed by atoms with Gasteiger partial charge in [0.25, 0.3) is 5.56 Å². The van der Waals surface area contributed by atoms with Gasteiger partial charge in [-0.15, -0.1) is 5.10 Å². The SMILES string of the molecule is Nc1ccc(-c2nc(C3C4CC4c4nc(-c5cc(Cl)ccc5-n5cnnn5)cc(=O)n43)[nH]c2Cl)c(F)n1. The molecule has 1 aliphatic carbocycles. The topological polar surface area (TPSA) is 146 Å². The normalized spacial score (nSPS) is 19.6. The molecule has 7 rings (SSSR count). The lowest BCUT2D eigenvalue weighted by Crippen LogP contribution is -2.27. The van der Waals surface area contributed by atoms with Crippen molar-refractivity contribution in [1.29, 1.82) is 0 Å². The molecule has 0 saturated heterocycles. The Morgan fingerprint density at radius 2 is 1.95 bits per heavy atom. The van der Waals surface area contributed by atoms with Crippen LogP contribution in [0.15, 0.2) is 47.5 Å². The molecule has 3 atom stereocenters. The van der Waals surface area contributed by atoms with E-state index in [1.165, 1.54) is 29.2 Å². The van der Waals surface area contributed by atoms with E-state index >= 15 is 0 Å². The monoisotopic (exact) mass is 536 g/mol. The van der Waals surface area contributed by atoms with Gasteiger partial charge >= 0.3 is 0 Å². The second-order valence-corrected chi connectivity index (χ2v) is 9.75. The summed E-state index contributed by atoms with van der Waals surface area (Å²) in [6.45, 7) is 0. The maximum atomic E-state index is 14.5. The van der Waals surface area contributed by atoms with Crippen LogP contribution in [0.3, 0.4) is 0 Å². The minimum absolute atomic E-state index is 0.0510. The van der Waals surface area contributed by atoms with Gasteiger partial charge in [-0.1, -0.05) is 23.2 Å². The van der Waals surface area contributed by atoms with Crippen molar-refractivity contribution in [2.75, 3.05) is 5.73 Å². The minimum Gasteiger partial charge on any atom is -0.384 e. The molecule has 11 nitrogen and oxygen atoms in total. The van der Waals surface area contributed by atoms with Gasteiger partial charge < -0.3 is 10.7 Å². The zero-order chi connectivity index (χ0) is 25.4. The van der Waals surface area contributed by atoms with Crippen LogP contribution in [-0.2, 0) is 0 Å². The van der Waals surface area contributed by atoms with E-state index in [2.05, 4.69) is 30.5 Å². The first-order valence-corrected chi connectivity index (χ1v) is 12.0. The highest BCUT2D eigenvalue weighted by molar-refractivity contribution is 6.32. The molecule has 1 aliphatic heterocycles. The highest BCUT2D eigenvalue weighted by Gasteiger charge is 2.55. The summed E-state index contributed by atoms with van der Waals surface area (Å²) in [7, 11) is 0. The number of nitrogen functional groups attached to an aromatic ring is 1. The van der Waals surface area contributed by atoms with Crippen molar-refractivity contribution in [1.82, 2.24) is 44.7 Å². The summed E-state index contributed by atoms with van der Waals surface area (Å²) < 4.78 is 17.6. The Morgan fingerprint density at radius 3 is 2.73 bits per heavy atom. The van der Waals surface area contributed by atoms with E-state index < -0.39 is 12.0 Å². The molecule has 0 spiro atoms. The lowest BCUT2D eigenvalue weighted by atomic mass is 10.1. The number of pyridine rings is 1. The lowest BCUT2D eigenvalue weighted by Gasteiger charge is -2.17. The van der Waals surface area contributed by atoms with Crippen LogP contribution >= 0.6 is 23.2 Å². The van der Waals surface area contributed by atoms with Crippen LogP contribution in [0, 0.1) is 11.9 Å². The van der Waals surface area contributed by atoms with Crippen molar-refractivity contribution in [3.8, 4) is 28.2 Å². The first kappa shape index (κ1) is 22.1. The van der Waals surface area contributed by atoms with Crippen LogP contribution in [0.4, 0.5) is 10.2 Å². The van der Waals surface area contributed by atoms with E-state index in [0.717, 1.165) is 6.42 Å². The number of hydrogen-bond donors (Lipinski definition) is 2. The Morgan fingerprint density at radius 1 is 1.08 bits per heavy atom. The largest absolute Gasteiger partial charge is 0.384 e. The average molecular weight is 537 g/mol. The molecule has 1 aromatic carbocycles. The molecule has 1 fully saturated rings. The second-order valence-electron chi connectivity index (χ2n) is 8.93. The van der Waals surface area contributed by atoms with E-state index in [9.17, 15) is 9.18 Å². The third-order valence-corrected chi connectivity index (χ3v) is 7.26. The average Bonchev–Trinajstić information content (AvgIpc) is 3.17. The van der Waals surface area contributed by atoms with Gasteiger partial charge in [-0.25, -0.2) is 15.0 Å². The number of rotatable bonds is 4. The first-order chi connectivity index (χ1) is 17.9. The molecule has 0 amide bonds. The van der Waals surface area contributed by atoms with Crippen molar-refractivity contribution in [3.05, 3.63) is 80.9 Å². The summed E-state index contributed by atoms with van der Waals surface area (Å²) in [5.41, 5.74) is 7.35. The summed E-state index contributed by atoms with van der Waals surface area (Å²) in [5, 5.41) is 12.0. The first-order valence-electron chi connectivity index (χ1n) is 11.2. The molecular formula is C23H15Cl2FN10O. The van der Waals surface area contributed by atoms with E-state index in [1.807, 2.05) is 0 Å². The van der Waals surface area contributed by atoms with Crippen LogP contribution in [0.2, 0.25) is 10.2 Å². The molecule has 0 bridgehead atoms.